The van der Waals surface area contributed by atoms with Gasteiger partial charge in [-0.15, -0.1) is 0 Å². The zero-order valence-corrected chi connectivity index (χ0v) is 11.1. The molecule has 3 aromatic rings. The average molecular weight is 271 g/mol. The summed E-state index contributed by atoms with van der Waals surface area (Å²) < 4.78 is 7.39. The standard InChI is InChI=1S/C14H13N3O3/c1-3-10-9(7-17(2)16-10)13-15-11-5-4-8(14(18)19)6-12(11)20-13/h4-7H,3H2,1-2H3,(H,18,19). The van der Waals surface area contributed by atoms with Crippen LogP contribution in [0.15, 0.2) is 28.8 Å². The highest BCUT2D eigenvalue weighted by molar-refractivity contribution is 5.92. The first-order chi connectivity index (χ1) is 9.58. The third kappa shape index (κ3) is 1.95. The number of benzene rings is 1. The molecule has 2 aromatic heterocycles. The highest BCUT2D eigenvalue weighted by atomic mass is 16.4. The predicted octanol–water partition coefficient (Wildman–Crippen LogP) is 2.49. The zero-order valence-electron chi connectivity index (χ0n) is 11.1. The monoisotopic (exact) mass is 271 g/mol. The van der Waals surface area contributed by atoms with E-state index in [1.807, 2.05) is 20.2 Å². The molecule has 0 aliphatic rings. The van der Waals surface area contributed by atoms with Crippen molar-refractivity contribution in [2.45, 2.75) is 13.3 Å². The van der Waals surface area contributed by atoms with Crippen LogP contribution in [0.25, 0.3) is 22.6 Å². The summed E-state index contributed by atoms with van der Waals surface area (Å²) in [5, 5.41) is 13.3. The van der Waals surface area contributed by atoms with E-state index in [4.69, 9.17) is 9.52 Å². The van der Waals surface area contributed by atoms with Crippen LogP contribution in [0.4, 0.5) is 0 Å². The second kappa shape index (κ2) is 4.48. The van der Waals surface area contributed by atoms with Crippen molar-refractivity contribution < 1.29 is 14.3 Å². The lowest BCUT2D eigenvalue weighted by Gasteiger charge is -1.92. The molecule has 0 spiro atoms. The fraction of sp³-hybridized carbons (Fsp3) is 0.214. The number of nitrogens with zero attached hydrogens (tertiary/aromatic N) is 3. The third-order valence-corrected chi connectivity index (χ3v) is 3.11. The van der Waals surface area contributed by atoms with Gasteiger partial charge in [0.2, 0.25) is 5.89 Å². The molecule has 6 heteroatoms. The van der Waals surface area contributed by atoms with Gasteiger partial charge in [0.25, 0.3) is 0 Å². The molecule has 1 aromatic carbocycles. The first kappa shape index (κ1) is 12.4. The van der Waals surface area contributed by atoms with Gasteiger partial charge in [0.1, 0.15) is 5.52 Å². The molecule has 1 N–H and O–H groups in total. The van der Waals surface area contributed by atoms with E-state index in [0.29, 0.717) is 17.0 Å². The quantitative estimate of drug-likeness (QED) is 0.791. The molecule has 3 rings (SSSR count). The van der Waals surface area contributed by atoms with Crippen LogP contribution in [-0.2, 0) is 13.5 Å². The Morgan fingerprint density at radius 2 is 2.25 bits per heavy atom. The summed E-state index contributed by atoms with van der Waals surface area (Å²) in [6.07, 6.45) is 2.62. The Balaban J connectivity index is 2.15. The highest BCUT2D eigenvalue weighted by Gasteiger charge is 2.15. The molecule has 0 saturated heterocycles. The maximum atomic E-state index is 10.9. The molecule has 6 nitrogen and oxygen atoms in total. The number of carboxylic acids is 1. The van der Waals surface area contributed by atoms with E-state index >= 15 is 0 Å². The predicted molar refractivity (Wildman–Crippen MR) is 72.5 cm³/mol. The average Bonchev–Trinajstić information content (AvgIpc) is 3.00. The van der Waals surface area contributed by atoms with Gasteiger partial charge in [-0.25, -0.2) is 9.78 Å². The molecule has 102 valence electrons. The van der Waals surface area contributed by atoms with Gasteiger partial charge in [-0.3, -0.25) is 4.68 Å². The summed E-state index contributed by atoms with van der Waals surface area (Å²) in [5.41, 5.74) is 3.02. The van der Waals surface area contributed by atoms with Gasteiger partial charge in [0, 0.05) is 13.2 Å². The number of carbonyl (C=O) groups is 1. The summed E-state index contributed by atoms with van der Waals surface area (Å²) >= 11 is 0. The second-order valence-corrected chi connectivity index (χ2v) is 4.52. The summed E-state index contributed by atoms with van der Waals surface area (Å²) in [7, 11) is 1.84. The molecule has 0 bridgehead atoms. The van der Waals surface area contributed by atoms with Crippen molar-refractivity contribution in [3.8, 4) is 11.5 Å². The minimum Gasteiger partial charge on any atom is -0.478 e. The Hall–Kier alpha value is -2.63. The van der Waals surface area contributed by atoms with Crippen molar-refractivity contribution in [3.63, 3.8) is 0 Å². The van der Waals surface area contributed by atoms with Gasteiger partial charge in [0.15, 0.2) is 5.58 Å². The van der Waals surface area contributed by atoms with Crippen LogP contribution in [0.2, 0.25) is 0 Å². The largest absolute Gasteiger partial charge is 0.478 e. The lowest BCUT2D eigenvalue weighted by Crippen LogP contribution is -1.94. The molecular formula is C14H13N3O3. The minimum absolute atomic E-state index is 0.183. The van der Waals surface area contributed by atoms with Crippen molar-refractivity contribution in [1.82, 2.24) is 14.8 Å². The van der Waals surface area contributed by atoms with Gasteiger partial charge >= 0.3 is 5.97 Å². The number of hydrogen-bond acceptors (Lipinski definition) is 4. The lowest BCUT2D eigenvalue weighted by molar-refractivity contribution is 0.0697. The molecule has 0 saturated carbocycles. The van der Waals surface area contributed by atoms with Crippen LogP contribution in [0, 0.1) is 0 Å². The number of fused-ring (bicyclic) bond motifs is 1. The van der Waals surface area contributed by atoms with E-state index in [2.05, 4.69) is 10.1 Å². The number of aromatic nitrogens is 3. The molecule has 0 aliphatic heterocycles. The van der Waals surface area contributed by atoms with Crippen molar-refractivity contribution >= 4 is 17.1 Å². The lowest BCUT2D eigenvalue weighted by atomic mass is 10.2. The van der Waals surface area contributed by atoms with Gasteiger partial charge in [-0.1, -0.05) is 6.92 Å². The van der Waals surface area contributed by atoms with E-state index in [-0.39, 0.29) is 5.56 Å². The normalized spacial score (nSPS) is 11.1. The molecule has 0 radical (unpaired) electrons. The highest BCUT2D eigenvalue weighted by Crippen LogP contribution is 2.27. The molecule has 20 heavy (non-hydrogen) atoms. The van der Waals surface area contributed by atoms with Crippen LogP contribution >= 0.6 is 0 Å². The van der Waals surface area contributed by atoms with Crippen LogP contribution < -0.4 is 0 Å². The van der Waals surface area contributed by atoms with E-state index in [1.54, 1.807) is 10.7 Å². The number of aryl methyl sites for hydroxylation is 2. The number of hydrogen-bond donors (Lipinski definition) is 1. The maximum Gasteiger partial charge on any atom is 0.335 e. The van der Waals surface area contributed by atoms with Gasteiger partial charge < -0.3 is 9.52 Å². The zero-order chi connectivity index (χ0) is 14.3. The molecule has 0 atom stereocenters. The third-order valence-electron chi connectivity index (χ3n) is 3.11. The molecule has 0 amide bonds. The van der Waals surface area contributed by atoms with Crippen molar-refractivity contribution in [1.29, 1.82) is 0 Å². The molecule has 2 heterocycles. The van der Waals surface area contributed by atoms with E-state index < -0.39 is 5.97 Å². The van der Waals surface area contributed by atoms with Crippen molar-refractivity contribution in [2.24, 2.45) is 7.05 Å². The van der Waals surface area contributed by atoms with Gasteiger partial charge in [-0.05, 0) is 24.6 Å². The summed E-state index contributed by atoms with van der Waals surface area (Å²) in [4.78, 5) is 15.3. The number of rotatable bonds is 3. The Morgan fingerprint density at radius 3 is 2.95 bits per heavy atom. The minimum atomic E-state index is -0.986. The Bertz CT molecular complexity index is 801. The van der Waals surface area contributed by atoms with Gasteiger partial charge in [-0.2, -0.15) is 5.10 Å². The second-order valence-electron chi connectivity index (χ2n) is 4.52. The van der Waals surface area contributed by atoms with Crippen LogP contribution in [0.5, 0.6) is 0 Å². The summed E-state index contributed by atoms with van der Waals surface area (Å²) in [5.74, 6) is -0.520. The summed E-state index contributed by atoms with van der Waals surface area (Å²) in [6.45, 7) is 2.01. The number of carboxylic acid groups (broad SMARTS) is 1. The SMILES string of the molecule is CCc1nn(C)cc1-c1nc2ccc(C(=O)O)cc2o1. The molecule has 0 unspecified atom stereocenters. The molecule has 0 aliphatic carbocycles. The van der Waals surface area contributed by atoms with Crippen molar-refractivity contribution in [3.05, 3.63) is 35.7 Å². The Morgan fingerprint density at radius 1 is 1.45 bits per heavy atom. The number of oxazole rings is 1. The van der Waals surface area contributed by atoms with Crippen molar-refractivity contribution in [2.75, 3.05) is 0 Å². The first-order valence-electron chi connectivity index (χ1n) is 6.25. The maximum absolute atomic E-state index is 10.9. The fourth-order valence-electron chi connectivity index (χ4n) is 2.15. The summed E-state index contributed by atoms with van der Waals surface area (Å²) in [6, 6.07) is 4.64. The number of aromatic carboxylic acids is 1. The van der Waals surface area contributed by atoms with Crippen LogP contribution in [0.3, 0.4) is 0 Å². The smallest absolute Gasteiger partial charge is 0.335 e. The van der Waals surface area contributed by atoms with Crippen LogP contribution in [0.1, 0.15) is 23.0 Å². The molecule has 0 fully saturated rings. The topological polar surface area (TPSA) is 81.2 Å². The van der Waals surface area contributed by atoms with Gasteiger partial charge in [0.05, 0.1) is 16.8 Å². The Labute approximate surface area is 114 Å². The van der Waals surface area contributed by atoms with E-state index in [0.717, 1.165) is 17.7 Å². The first-order valence-corrected chi connectivity index (χ1v) is 6.25. The Kier molecular flexibility index (Phi) is 2.78. The van der Waals surface area contributed by atoms with Crippen LogP contribution in [-0.4, -0.2) is 25.8 Å². The molecular weight excluding hydrogens is 258 g/mol. The van der Waals surface area contributed by atoms with E-state index in [1.165, 1.54) is 12.1 Å². The van der Waals surface area contributed by atoms with E-state index in [9.17, 15) is 4.79 Å². The fourth-order valence-corrected chi connectivity index (χ4v) is 2.15.